The van der Waals surface area contributed by atoms with Crippen molar-refractivity contribution in [1.29, 1.82) is 0 Å². The maximum Gasteiger partial charge on any atom is 0.191 e. The van der Waals surface area contributed by atoms with Crippen LogP contribution in [0.3, 0.4) is 0 Å². The van der Waals surface area contributed by atoms with Gasteiger partial charge < -0.3 is 0 Å². The predicted molar refractivity (Wildman–Crippen MR) is 37.4 cm³/mol. The van der Waals surface area contributed by atoms with Crippen molar-refractivity contribution < 1.29 is 4.79 Å². The summed E-state index contributed by atoms with van der Waals surface area (Å²) in [5.74, 6) is 1.97. The van der Waals surface area contributed by atoms with Gasteiger partial charge in [-0.05, 0) is 0 Å². The van der Waals surface area contributed by atoms with Gasteiger partial charge in [-0.25, -0.2) is 0 Å². The van der Waals surface area contributed by atoms with E-state index in [2.05, 4.69) is 0 Å². The molecule has 0 rings (SSSR count). The van der Waals surface area contributed by atoms with Crippen molar-refractivity contribution in [2.45, 2.75) is 20.8 Å². The van der Waals surface area contributed by atoms with E-state index in [1.165, 1.54) is 11.8 Å². The third-order valence-electron chi connectivity index (χ3n) is 0.705. The molecule has 0 unspecified atom stereocenters. The summed E-state index contributed by atoms with van der Waals surface area (Å²) in [7, 11) is 0. The molecular formula is C6H11OS. The Morgan fingerprint density at radius 2 is 2.12 bits per heavy atom. The van der Waals surface area contributed by atoms with Crippen molar-refractivity contribution in [3.8, 4) is 0 Å². The molecule has 1 radical (unpaired) electrons. The first-order chi connectivity index (χ1) is 3.68. The van der Waals surface area contributed by atoms with Gasteiger partial charge in [-0.2, -0.15) is 0 Å². The molecule has 0 aliphatic carbocycles. The van der Waals surface area contributed by atoms with Crippen LogP contribution >= 0.6 is 11.8 Å². The van der Waals surface area contributed by atoms with Crippen molar-refractivity contribution in [1.82, 2.24) is 0 Å². The second kappa shape index (κ2) is 3.96. The maximum absolute atomic E-state index is 10.7. The van der Waals surface area contributed by atoms with Crippen LogP contribution < -0.4 is 0 Å². The van der Waals surface area contributed by atoms with Gasteiger partial charge in [0.15, 0.2) is 5.12 Å². The van der Waals surface area contributed by atoms with Crippen LogP contribution in [0.2, 0.25) is 0 Å². The first kappa shape index (κ1) is 8.02. The van der Waals surface area contributed by atoms with E-state index in [-0.39, 0.29) is 11.0 Å². The molecule has 47 valence electrons. The lowest BCUT2D eigenvalue weighted by molar-refractivity contribution is -0.113. The highest BCUT2D eigenvalue weighted by Gasteiger charge is 2.04. The smallest absolute Gasteiger partial charge is 0.191 e. The fraction of sp³-hybridized carbons (Fsp3) is 0.667. The van der Waals surface area contributed by atoms with Gasteiger partial charge in [-0.15, -0.1) is 0 Å². The maximum atomic E-state index is 10.7. The summed E-state index contributed by atoms with van der Waals surface area (Å²) in [6.45, 7) is 5.67. The SMILES string of the molecule is C[CH]SC(=O)C(C)C. The van der Waals surface area contributed by atoms with E-state index in [0.29, 0.717) is 0 Å². The van der Waals surface area contributed by atoms with Crippen LogP contribution in [0.4, 0.5) is 0 Å². The molecule has 0 amide bonds. The summed E-state index contributed by atoms with van der Waals surface area (Å²) in [6, 6.07) is 0. The molecule has 0 saturated carbocycles. The predicted octanol–water partition coefficient (Wildman–Crippen LogP) is 2.08. The largest absolute Gasteiger partial charge is 0.287 e. The minimum absolute atomic E-state index is 0.163. The minimum Gasteiger partial charge on any atom is -0.287 e. The van der Waals surface area contributed by atoms with Crippen LogP contribution in [-0.4, -0.2) is 5.12 Å². The van der Waals surface area contributed by atoms with E-state index in [4.69, 9.17) is 0 Å². The number of rotatable bonds is 2. The third-order valence-corrected chi connectivity index (χ3v) is 1.64. The van der Waals surface area contributed by atoms with Gasteiger partial charge in [0.05, 0.1) is 0 Å². The lowest BCUT2D eigenvalue weighted by atomic mass is 10.3. The quantitative estimate of drug-likeness (QED) is 0.570. The second-order valence-corrected chi connectivity index (χ2v) is 2.94. The number of carbonyl (C=O) groups excluding carboxylic acids is 1. The molecule has 0 spiro atoms. The number of carbonyl (C=O) groups is 1. The minimum atomic E-state index is 0.163. The average Bonchev–Trinajstić information content (AvgIpc) is 1.67. The van der Waals surface area contributed by atoms with Gasteiger partial charge in [-0.3, -0.25) is 4.79 Å². The highest BCUT2D eigenvalue weighted by atomic mass is 32.2. The number of hydrogen-bond acceptors (Lipinski definition) is 2. The molecule has 0 N–H and O–H groups in total. The average molecular weight is 131 g/mol. The summed E-state index contributed by atoms with van der Waals surface area (Å²) < 4.78 is 0. The lowest BCUT2D eigenvalue weighted by Gasteiger charge is -1.97. The molecule has 0 fully saturated rings. The van der Waals surface area contributed by atoms with Gasteiger partial charge in [0.25, 0.3) is 0 Å². The Bertz CT molecular complexity index is 78.6. The first-order valence-electron chi connectivity index (χ1n) is 2.66. The van der Waals surface area contributed by atoms with E-state index < -0.39 is 0 Å². The van der Waals surface area contributed by atoms with Gasteiger partial charge in [0.2, 0.25) is 0 Å². The standard InChI is InChI=1S/C6H11OS/c1-4-8-6(7)5(2)3/h4-5H,1-3H3. The Kier molecular flexibility index (Phi) is 3.97. The van der Waals surface area contributed by atoms with E-state index >= 15 is 0 Å². The van der Waals surface area contributed by atoms with Crippen LogP contribution in [0.1, 0.15) is 20.8 Å². The van der Waals surface area contributed by atoms with Crippen LogP contribution in [0, 0.1) is 11.7 Å². The molecule has 8 heavy (non-hydrogen) atoms. The van der Waals surface area contributed by atoms with E-state index in [1.807, 2.05) is 26.5 Å². The molecule has 0 aromatic rings. The van der Waals surface area contributed by atoms with Gasteiger partial charge in [0.1, 0.15) is 0 Å². The Hall–Kier alpha value is 0.0200. The summed E-state index contributed by atoms with van der Waals surface area (Å²) >= 11 is 1.28. The van der Waals surface area contributed by atoms with Crippen LogP contribution in [0.25, 0.3) is 0 Å². The molecule has 0 aromatic carbocycles. The van der Waals surface area contributed by atoms with E-state index in [1.54, 1.807) is 0 Å². The molecule has 0 aliphatic rings. The van der Waals surface area contributed by atoms with Crippen LogP contribution in [0.5, 0.6) is 0 Å². The van der Waals surface area contributed by atoms with Crippen molar-refractivity contribution in [2.24, 2.45) is 5.92 Å². The van der Waals surface area contributed by atoms with Crippen LogP contribution in [-0.2, 0) is 4.79 Å². The zero-order valence-electron chi connectivity index (χ0n) is 5.47. The van der Waals surface area contributed by atoms with Gasteiger partial charge in [0, 0.05) is 11.7 Å². The Labute approximate surface area is 54.8 Å². The Morgan fingerprint density at radius 3 is 2.25 bits per heavy atom. The Balaban J connectivity index is 3.33. The first-order valence-corrected chi connectivity index (χ1v) is 3.54. The molecular weight excluding hydrogens is 120 g/mol. The summed E-state index contributed by atoms with van der Waals surface area (Å²) in [5.41, 5.74) is 0. The topological polar surface area (TPSA) is 17.1 Å². The molecule has 0 heterocycles. The molecule has 0 aliphatic heterocycles. The monoisotopic (exact) mass is 131 g/mol. The molecule has 2 heteroatoms. The third kappa shape index (κ3) is 3.08. The highest BCUT2D eigenvalue weighted by molar-refractivity contribution is 8.15. The summed E-state index contributed by atoms with van der Waals surface area (Å²) in [4.78, 5) is 10.7. The van der Waals surface area contributed by atoms with Crippen molar-refractivity contribution in [2.75, 3.05) is 0 Å². The fourth-order valence-corrected chi connectivity index (χ4v) is 0.757. The molecule has 1 nitrogen and oxygen atoms in total. The van der Waals surface area contributed by atoms with Gasteiger partial charge >= 0.3 is 0 Å². The summed E-state index contributed by atoms with van der Waals surface area (Å²) in [6.07, 6.45) is 0. The molecule has 0 aromatic heterocycles. The van der Waals surface area contributed by atoms with E-state index in [0.717, 1.165) is 0 Å². The molecule has 0 bridgehead atoms. The zero-order chi connectivity index (χ0) is 6.57. The number of hydrogen-bond donors (Lipinski definition) is 0. The lowest BCUT2D eigenvalue weighted by Crippen LogP contribution is -1.99. The molecule has 0 atom stereocenters. The Morgan fingerprint density at radius 1 is 1.62 bits per heavy atom. The van der Waals surface area contributed by atoms with E-state index in [9.17, 15) is 4.79 Å². The normalized spacial score (nSPS) is 10.0. The second-order valence-electron chi connectivity index (χ2n) is 1.83. The zero-order valence-corrected chi connectivity index (χ0v) is 6.29. The number of thioether (sulfide) groups is 1. The van der Waals surface area contributed by atoms with Crippen molar-refractivity contribution in [3.05, 3.63) is 5.75 Å². The van der Waals surface area contributed by atoms with Crippen molar-refractivity contribution in [3.63, 3.8) is 0 Å². The van der Waals surface area contributed by atoms with Crippen molar-refractivity contribution >= 4 is 16.9 Å². The van der Waals surface area contributed by atoms with Gasteiger partial charge in [-0.1, -0.05) is 32.5 Å². The molecule has 0 saturated heterocycles. The highest BCUT2D eigenvalue weighted by Crippen LogP contribution is 2.11. The summed E-state index contributed by atoms with van der Waals surface area (Å²) in [5, 5.41) is 0.243. The van der Waals surface area contributed by atoms with Crippen LogP contribution in [0.15, 0.2) is 0 Å². The fourth-order valence-electron chi connectivity index (χ4n) is 0.252.